The van der Waals surface area contributed by atoms with Crippen LogP contribution in [0.25, 0.3) is 0 Å². The maximum atomic E-state index is 12.4. The van der Waals surface area contributed by atoms with E-state index in [4.69, 9.17) is 4.74 Å². The fraction of sp³-hybridized carbons (Fsp3) is 0.600. The molecule has 2 heterocycles. The molecule has 26 heavy (non-hydrogen) atoms. The molecule has 1 unspecified atom stereocenters. The number of amides is 2. The van der Waals surface area contributed by atoms with E-state index in [9.17, 15) is 9.59 Å². The highest BCUT2D eigenvalue weighted by molar-refractivity contribution is 5.84. The van der Waals surface area contributed by atoms with Gasteiger partial charge in [0.2, 0.25) is 11.8 Å². The van der Waals surface area contributed by atoms with Gasteiger partial charge >= 0.3 is 0 Å². The smallest absolute Gasteiger partial charge is 0.239 e. The van der Waals surface area contributed by atoms with E-state index < -0.39 is 0 Å². The molecule has 1 aromatic carbocycles. The van der Waals surface area contributed by atoms with Crippen molar-refractivity contribution in [3.63, 3.8) is 0 Å². The molecule has 0 bridgehead atoms. The van der Waals surface area contributed by atoms with Crippen LogP contribution >= 0.6 is 0 Å². The van der Waals surface area contributed by atoms with Crippen molar-refractivity contribution in [2.75, 3.05) is 45.9 Å². The summed E-state index contributed by atoms with van der Waals surface area (Å²) in [7, 11) is 0. The lowest BCUT2D eigenvalue weighted by Crippen LogP contribution is -2.46. The number of morpholine rings is 1. The average Bonchev–Trinajstić information content (AvgIpc) is 2.88. The van der Waals surface area contributed by atoms with E-state index >= 15 is 0 Å². The summed E-state index contributed by atoms with van der Waals surface area (Å²) in [5.41, 5.74) is 1.19. The maximum absolute atomic E-state index is 12.4. The number of hydrogen-bond acceptors (Lipinski definition) is 4. The molecular weight excluding hydrogens is 330 g/mol. The fourth-order valence-electron chi connectivity index (χ4n) is 3.67. The zero-order valence-electron chi connectivity index (χ0n) is 15.4. The van der Waals surface area contributed by atoms with Crippen molar-refractivity contribution >= 4 is 11.8 Å². The van der Waals surface area contributed by atoms with Gasteiger partial charge in [-0.05, 0) is 18.4 Å². The normalized spacial score (nSPS) is 20.5. The third-order valence-corrected chi connectivity index (χ3v) is 5.17. The minimum Gasteiger partial charge on any atom is -0.379 e. The molecule has 2 aliphatic rings. The van der Waals surface area contributed by atoms with Crippen LogP contribution in [0.1, 0.15) is 37.3 Å². The van der Waals surface area contributed by atoms with Crippen LogP contribution in [-0.4, -0.2) is 67.6 Å². The third-order valence-electron chi connectivity index (χ3n) is 5.17. The quantitative estimate of drug-likeness (QED) is 0.838. The van der Waals surface area contributed by atoms with Crippen LogP contribution in [0.5, 0.6) is 0 Å². The first-order valence-electron chi connectivity index (χ1n) is 9.65. The molecule has 1 aromatic rings. The molecule has 0 aliphatic carbocycles. The number of nitrogens with zero attached hydrogens (tertiary/aromatic N) is 2. The molecule has 6 nitrogen and oxygen atoms in total. The SMILES string of the molecule is O=C(CN1CCCCCC1=O)NCC(c1ccccc1)N1CCOCC1. The Labute approximate surface area is 155 Å². The Morgan fingerprint density at radius 2 is 1.85 bits per heavy atom. The van der Waals surface area contributed by atoms with Gasteiger partial charge in [0.25, 0.3) is 0 Å². The van der Waals surface area contributed by atoms with Gasteiger partial charge in [-0.15, -0.1) is 0 Å². The van der Waals surface area contributed by atoms with Gasteiger partial charge in [-0.25, -0.2) is 0 Å². The number of hydrogen-bond donors (Lipinski definition) is 1. The molecule has 2 saturated heterocycles. The Balaban J connectivity index is 1.58. The molecule has 2 aliphatic heterocycles. The van der Waals surface area contributed by atoms with Crippen molar-refractivity contribution in [2.24, 2.45) is 0 Å². The molecule has 2 fully saturated rings. The summed E-state index contributed by atoms with van der Waals surface area (Å²) in [5, 5.41) is 3.05. The van der Waals surface area contributed by atoms with E-state index in [1.807, 2.05) is 18.2 Å². The molecule has 0 saturated carbocycles. The number of likely N-dealkylation sites (tertiary alicyclic amines) is 1. The summed E-state index contributed by atoms with van der Waals surface area (Å²) in [6, 6.07) is 10.4. The van der Waals surface area contributed by atoms with Crippen molar-refractivity contribution < 1.29 is 14.3 Å². The van der Waals surface area contributed by atoms with Gasteiger partial charge in [-0.1, -0.05) is 36.8 Å². The largest absolute Gasteiger partial charge is 0.379 e. The molecule has 2 amide bonds. The number of rotatable bonds is 6. The van der Waals surface area contributed by atoms with Crippen LogP contribution < -0.4 is 5.32 Å². The number of carbonyl (C=O) groups is 2. The maximum Gasteiger partial charge on any atom is 0.239 e. The topological polar surface area (TPSA) is 61.9 Å². The standard InChI is InChI=1S/C20H29N3O3/c24-19(16-23-10-6-2-5-9-20(23)25)21-15-18(17-7-3-1-4-8-17)22-11-13-26-14-12-22/h1,3-4,7-8,18H,2,5-6,9-16H2,(H,21,24). The van der Waals surface area contributed by atoms with Crippen molar-refractivity contribution in [2.45, 2.75) is 31.7 Å². The van der Waals surface area contributed by atoms with Gasteiger partial charge in [0, 0.05) is 32.6 Å². The molecule has 0 radical (unpaired) electrons. The van der Waals surface area contributed by atoms with Gasteiger partial charge in [0.1, 0.15) is 0 Å². The lowest BCUT2D eigenvalue weighted by atomic mass is 10.0. The molecule has 1 N–H and O–H groups in total. The van der Waals surface area contributed by atoms with Gasteiger partial charge < -0.3 is 15.0 Å². The summed E-state index contributed by atoms with van der Waals surface area (Å²) >= 11 is 0. The van der Waals surface area contributed by atoms with E-state index in [1.165, 1.54) is 5.56 Å². The third kappa shape index (κ3) is 5.29. The Hall–Kier alpha value is -1.92. The van der Waals surface area contributed by atoms with Crippen molar-refractivity contribution in [1.82, 2.24) is 15.1 Å². The van der Waals surface area contributed by atoms with Gasteiger partial charge in [0.15, 0.2) is 0 Å². The van der Waals surface area contributed by atoms with Crippen LogP contribution in [0.4, 0.5) is 0 Å². The fourth-order valence-corrected chi connectivity index (χ4v) is 3.67. The second-order valence-corrected chi connectivity index (χ2v) is 7.00. The van der Waals surface area contributed by atoms with E-state index in [1.54, 1.807) is 4.90 Å². The van der Waals surface area contributed by atoms with Crippen molar-refractivity contribution in [1.29, 1.82) is 0 Å². The first kappa shape index (κ1) is 18.9. The van der Waals surface area contributed by atoms with Crippen LogP contribution in [0.15, 0.2) is 30.3 Å². The summed E-state index contributed by atoms with van der Waals surface area (Å²) in [4.78, 5) is 28.6. The van der Waals surface area contributed by atoms with Crippen molar-refractivity contribution in [3.05, 3.63) is 35.9 Å². The highest BCUT2D eigenvalue weighted by atomic mass is 16.5. The molecular formula is C20H29N3O3. The number of benzene rings is 1. The van der Waals surface area contributed by atoms with Gasteiger partial charge in [0.05, 0.1) is 25.8 Å². The Morgan fingerprint density at radius 1 is 1.08 bits per heavy atom. The Morgan fingerprint density at radius 3 is 2.62 bits per heavy atom. The minimum absolute atomic E-state index is 0.0746. The van der Waals surface area contributed by atoms with E-state index in [0.29, 0.717) is 19.5 Å². The minimum atomic E-state index is -0.0746. The Kier molecular flexibility index (Phi) is 7.03. The monoisotopic (exact) mass is 359 g/mol. The van der Waals surface area contributed by atoms with Crippen LogP contribution in [0, 0.1) is 0 Å². The van der Waals surface area contributed by atoms with Gasteiger partial charge in [-0.3, -0.25) is 14.5 Å². The molecule has 1 atom stereocenters. The second-order valence-electron chi connectivity index (χ2n) is 7.00. The summed E-state index contributed by atoms with van der Waals surface area (Å²) in [6.45, 7) is 4.57. The summed E-state index contributed by atoms with van der Waals surface area (Å²) in [6.07, 6.45) is 3.55. The van der Waals surface area contributed by atoms with E-state index in [-0.39, 0.29) is 24.4 Å². The average molecular weight is 359 g/mol. The number of carbonyl (C=O) groups excluding carboxylic acids is 2. The molecule has 3 rings (SSSR count). The van der Waals surface area contributed by atoms with Crippen LogP contribution in [0.2, 0.25) is 0 Å². The zero-order valence-corrected chi connectivity index (χ0v) is 15.4. The van der Waals surface area contributed by atoms with Gasteiger partial charge in [-0.2, -0.15) is 0 Å². The molecule has 6 heteroatoms. The molecule has 0 aromatic heterocycles. The lowest BCUT2D eigenvalue weighted by molar-refractivity contribution is -0.135. The predicted molar refractivity (Wildman–Crippen MR) is 99.6 cm³/mol. The molecule has 0 spiro atoms. The van der Waals surface area contributed by atoms with Crippen LogP contribution in [0.3, 0.4) is 0 Å². The Bertz CT molecular complexity index is 587. The number of nitrogens with one attached hydrogen (secondary N) is 1. The summed E-state index contributed by atoms with van der Waals surface area (Å²) in [5.74, 6) is 0.0277. The second kappa shape index (κ2) is 9.69. The lowest BCUT2D eigenvalue weighted by Gasteiger charge is -2.35. The first-order valence-corrected chi connectivity index (χ1v) is 9.65. The summed E-state index contributed by atoms with van der Waals surface area (Å²) < 4.78 is 5.46. The molecule has 142 valence electrons. The first-order chi connectivity index (χ1) is 12.7. The number of ether oxygens (including phenoxy) is 1. The highest BCUT2D eigenvalue weighted by Crippen LogP contribution is 2.21. The van der Waals surface area contributed by atoms with E-state index in [0.717, 1.165) is 45.6 Å². The van der Waals surface area contributed by atoms with E-state index in [2.05, 4.69) is 22.3 Å². The highest BCUT2D eigenvalue weighted by Gasteiger charge is 2.24. The van der Waals surface area contributed by atoms with Crippen molar-refractivity contribution in [3.8, 4) is 0 Å². The zero-order chi connectivity index (χ0) is 18.2. The predicted octanol–water partition coefficient (Wildman–Crippen LogP) is 1.58. The van der Waals surface area contributed by atoms with Crippen LogP contribution in [-0.2, 0) is 14.3 Å².